The molecule has 0 unspecified atom stereocenters. The summed E-state index contributed by atoms with van der Waals surface area (Å²) < 4.78 is 6.85. The van der Waals surface area contributed by atoms with Crippen molar-refractivity contribution in [2.24, 2.45) is 0 Å². The fraction of sp³-hybridized carbons (Fsp3) is 0.636. The highest BCUT2D eigenvalue weighted by Crippen LogP contribution is 2.21. The van der Waals surface area contributed by atoms with E-state index in [2.05, 4.69) is 23.4 Å². The minimum atomic E-state index is -0.262. The van der Waals surface area contributed by atoms with Gasteiger partial charge in [-0.1, -0.05) is 0 Å². The van der Waals surface area contributed by atoms with E-state index in [0.29, 0.717) is 19.1 Å². The van der Waals surface area contributed by atoms with Gasteiger partial charge in [0.05, 0.1) is 31.4 Å². The fourth-order valence-corrected chi connectivity index (χ4v) is 2.04. The number of ether oxygens (including phenoxy) is 1. The Morgan fingerprint density at radius 3 is 2.94 bits per heavy atom. The van der Waals surface area contributed by atoms with Gasteiger partial charge in [0.2, 0.25) is 0 Å². The average molecular weight is 223 g/mol. The first-order chi connectivity index (χ1) is 7.63. The fourth-order valence-electron chi connectivity index (χ4n) is 2.04. The maximum atomic E-state index is 11.5. The molecule has 0 radical (unpaired) electrons. The van der Waals surface area contributed by atoms with E-state index in [-0.39, 0.29) is 6.09 Å². The van der Waals surface area contributed by atoms with E-state index in [0.717, 1.165) is 17.8 Å². The lowest BCUT2D eigenvalue weighted by atomic mass is 10.1. The highest BCUT2D eigenvalue weighted by Gasteiger charge is 2.25. The molecule has 0 aromatic carbocycles. The monoisotopic (exact) mass is 223 g/mol. The van der Waals surface area contributed by atoms with Crippen molar-refractivity contribution < 1.29 is 9.53 Å². The van der Waals surface area contributed by atoms with Crippen LogP contribution in [0.3, 0.4) is 0 Å². The van der Waals surface area contributed by atoms with Crippen molar-refractivity contribution in [3.8, 4) is 0 Å². The summed E-state index contributed by atoms with van der Waals surface area (Å²) in [6.07, 6.45) is 2.41. The maximum Gasteiger partial charge on any atom is 0.409 e. The summed E-state index contributed by atoms with van der Waals surface area (Å²) in [6.45, 7) is 5.51. The first kappa shape index (κ1) is 11.0. The quantitative estimate of drug-likeness (QED) is 0.726. The number of imidazole rings is 1. The van der Waals surface area contributed by atoms with Crippen molar-refractivity contribution >= 4 is 6.09 Å². The Kier molecular flexibility index (Phi) is 2.85. The molecule has 0 N–H and O–H groups in total. The van der Waals surface area contributed by atoms with Crippen molar-refractivity contribution in [2.75, 3.05) is 13.7 Å². The van der Waals surface area contributed by atoms with Gasteiger partial charge >= 0.3 is 6.09 Å². The van der Waals surface area contributed by atoms with Crippen LogP contribution in [-0.4, -0.2) is 34.2 Å². The maximum absolute atomic E-state index is 11.5. The summed E-state index contributed by atoms with van der Waals surface area (Å²) in [6, 6.07) is 0.369. The third-order valence-corrected chi connectivity index (χ3v) is 2.93. The third kappa shape index (κ3) is 1.77. The standard InChI is InChI=1S/C11H17N3O2/c1-8(2)14-7-12-9-4-5-13(6-10(9)14)11(15)16-3/h7-8H,4-6H2,1-3H3. The predicted molar refractivity (Wildman–Crippen MR) is 59.1 cm³/mol. The number of hydrogen-bond acceptors (Lipinski definition) is 3. The molecule has 1 amide bonds. The van der Waals surface area contributed by atoms with Crippen LogP contribution in [0.15, 0.2) is 6.33 Å². The molecule has 0 atom stereocenters. The predicted octanol–water partition coefficient (Wildman–Crippen LogP) is 1.59. The minimum absolute atomic E-state index is 0.262. The van der Waals surface area contributed by atoms with E-state index >= 15 is 0 Å². The molecule has 5 heteroatoms. The van der Waals surface area contributed by atoms with Crippen LogP contribution in [0.25, 0.3) is 0 Å². The second kappa shape index (κ2) is 4.15. The van der Waals surface area contributed by atoms with Crippen molar-refractivity contribution in [1.82, 2.24) is 14.5 Å². The Morgan fingerprint density at radius 2 is 2.31 bits per heavy atom. The summed E-state index contributed by atoms with van der Waals surface area (Å²) >= 11 is 0. The van der Waals surface area contributed by atoms with Gasteiger partial charge in [0.25, 0.3) is 0 Å². The molecule has 0 spiro atoms. The van der Waals surface area contributed by atoms with Crippen LogP contribution in [0.2, 0.25) is 0 Å². The molecular weight excluding hydrogens is 206 g/mol. The van der Waals surface area contributed by atoms with Crippen LogP contribution in [0, 0.1) is 0 Å². The molecule has 2 heterocycles. The molecule has 5 nitrogen and oxygen atoms in total. The molecule has 16 heavy (non-hydrogen) atoms. The van der Waals surface area contributed by atoms with Gasteiger partial charge in [-0.25, -0.2) is 9.78 Å². The van der Waals surface area contributed by atoms with E-state index < -0.39 is 0 Å². The van der Waals surface area contributed by atoms with E-state index in [4.69, 9.17) is 4.74 Å². The van der Waals surface area contributed by atoms with Crippen molar-refractivity contribution in [3.05, 3.63) is 17.7 Å². The Bertz CT molecular complexity index is 398. The molecule has 0 saturated carbocycles. The summed E-state index contributed by atoms with van der Waals surface area (Å²) in [5.74, 6) is 0. The number of carbonyl (C=O) groups excluding carboxylic acids is 1. The lowest BCUT2D eigenvalue weighted by Crippen LogP contribution is -2.36. The van der Waals surface area contributed by atoms with Gasteiger partial charge in [-0.3, -0.25) is 0 Å². The van der Waals surface area contributed by atoms with Crippen molar-refractivity contribution in [1.29, 1.82) is 0 Å². The van der Waals surface area contributed by atoms with Crippen molar-refractivity contribution in [3.63, 3.8) is 0 Å². The van der Waals surface area contributed by atoms with E-state index in [1.54, 1.807) is 4.90 Å². The van der Waals surface area contributed by atoms with Gasteiger partial charge in [0.1, 0.15) is 0 Å². The summed E-state index contributed by atoms with van der Waals surface area (Å²) in [7, 11) is 1.41. The van der Waals surface area contributed by atoms with Crippen molar-refractivity contribution in [2.45, 2.75) is 32.9 Å². The summed E-state index contributed by atoms with van der Waals surface area (Å²) in [4.78, 5) is 17.5. The zero-order valence-electron chi connectivity index (χ0n) is 9.93. The minimum Gasteiger partial charge on any atom is -0.453 e. The number of hydrogen-bond donors (Lipinski definition) is 0. The zero-order chi connectivity index (χ0) is 11.7. The van der Waals surface area contributed by atoms with Gasteiger partial charge in [-0.05, 0) is 13.8 Å². The van der Waals surface area contributed by atoms with Gasteiger partial charge < -0.3 is 14.2 Å². The van der Waals surface area contributed by atoms with E-state index in [1.165, 1.54) is 7.11 Å². The topological polar surface area (TPSA) is 47.4 Å². The smallest absolute Gasteiger partial charge is 0.409 e. The highest BCUT2D eigenvalue weighted by molar-refractivity contribution is 5.67. The first-order valence-electron chi connectivity index (χ1n) is 5.51. The molecule has 1 aromatic heterocycles. The lowest BCUT2D eigenvalue weighted by molar-refractivity contribution is 0.117. The number of fused-ring (bicyclic) bond motifs is 1. The Hall–Kier alpha value is -1.52. The van der Waals surface area contributed by atoms with Crippen LogP contribution in [0.4, 0.5) is 4.79 Å². The number of carbonyl (C=O) groups is 1. The van der Waals surface area contributed by atoms with E-state index in [9.17, 15) is 4.79 Å². The summed E-state index contributed by atoms with van der Waals surface area (Å²) in [5.41, 5.74) is 2.24. The molecule has 1 aliphatic rings. The largest absolute Gasteiger partial charge is 0.453 e. The van der Waals surface area contributed by atoms with Crippen LogP contribution in [-0.2, 0) is 17.7 Å². The number of nitrogens with zero attached hydrogens (tertiary/aromatic N) is 3. The molecule has 0 saturated heterocycles. The van der Waals surface area contributed by atoms with E-state index in [1.807, 2.05) is 6.33 Å². The SMILES string of the molecule is COC(=O)N1CCc2ncn(C(C)C)c2C1. The van der Waals surface area contributed by atoms with Crippen LogP contribution in [0.5, 0.6) is 0 Å². The number of aromatic nitrogens is 2. The number of amides is 1. The highest BCUT2D eigenvalue weighted by atomic mass is 16.5. The molecule has 0 aliphatic carbocycles. The molecule has 0 fully saturated rings. The second-order valence-electron chi connectivity index (χ2n) is 4.28. The second-order valence-corrected chi connectivity index (χ2v) is 4.28. The Balaban J connectivity index is 2.24. The zero-order valence-corrected chi connectivity index (χ0v) is 9.93. The Labute approximate surface area is 95.0 Å². The van der Waals surface area contributed by atoms with Gasteiger partial charge in [-0.2, -0.15) is 0 Å². The van der Waals surface area contributed by atoms with Crippen LogP contribution >= 0.6 is 0 Å². The average Bonchev–Trinajstić information content (AvgIpc) is 2.70. The number of rotatable bonds is 1. The molecule has 0 bridgehead atoms. The van der Waals surface area contributed by atoms with Gasteiger partial charge in [0, 0.05) is 19.0 Å². The van der Waals surface area contributed by atoms with Gasteiger partial charge in [0.15, 0.2) is 0 Å². The van der Waals surface area contributed by atoms with Crippen LogP contribution < -0.4 is 0 Å². The first-order valence-corrected chi connectivity index (χ1v) is 5.51. The molecule has 88 valence electrons. The lowest BCUT2D eigenvalue weighted by Gasteiger charge is -2.27. The molecule has 1 aliphatic heterocycles. The van der Waals surface area contributed by atoms with Crippen LogP contribution in [0.1, 0.15) is 31.3 Å². The third-order valence-electron chi connectivity index (χ3n) is 2.93. The molecular formula is C11H17N3O2. The Morgan fingerprint density at radius 1 is 1.56 bits per heavy atom. The summed E-state index contributed by atoms with van der Waals surface area (Å²) in [5, 5.41) is 0. The number of methoxy groups -OCH3 is 1. The molecule has 2 rings (SSSR count). The molecule has 1 aromatic rings. The van der Waals surface area contributed by atoms with Gasteiger partial charge in [-0.15, -0.1) is 0 Å². The normalized spacial score (nSPS) is 15.1.